The van der Waals surface area contributed by atoms with E-state index in [0.717, 1.165) is 18.7 Å². The van der Waals surface area contributed by atoms with Crippen LogP contribution >= 0.6 is 0 Å². The van der Waals surface area contributed by atoms with E-state index in [-0.39, 0.29) is 0 Å². The second kappa shape index (κ2) is 6.53. The van der Waals surface area contributed by atoms with Gasteiger partial charge in [-0.05, 0) is 32.3 Å². The molecule has 0 aromatic carbocycles. The van der Waals surface area contributed by atoms with Crippen LogP contribution in [-0.4, -0.2) is 27.0 Å². The molecule has 1 unspecified atom stereocenters. The van der Waals surface area contributed by atoms with Crippen LogP contribution in [0, 0.1) is 0 Å². The van der Waals surface area contributed by atoms with Crippen LogP contribution in [-0.2, 0) is 6.54 Å². The smallest absolute Gasteiger partial charge is 0.0762 e. The van der Waals surface area contributed by atoms with E-state index < -0.39 is 5.60 Å². The van der Waals surface area contributed by atoms with Gasteiger partial charge in [-0.3, -0.25) is 4.68 Å². The van der Waals surface area contributed by atoms with Crippen molar-refractivity contribution >= 4 is 0 Å². The van der Waals surface area contributed by atoms with Crippen molar-refractivity contribution in [2.75, 3.05) is 6.54 Å². The SMILES string of the molecule is CCC(C)(O)CNCc1ccn(C2CCCCC2)n1. The van der Waals surface area contributed by atoms with Crippen LogP contribution in [0.15, 0.2) is 12.3 Å². The zero-order valence-electron chi connectivity index (χ0n) is 12.2. The van der Waals surface area contributed by atoms with Gasteiger partial charge in [-0.25, -0.2) is 0 Å². The fraction of sp³-hybridized carbons (Fsp3) is 0.800. The Morgan fingerprint density at radius 2 is 2.16 bits per heavy atom. The summed E-state index contributed by atoms with van der Waals surface area (Å²) in [6, 6.07) is 2.68. The minimum absolute atomic E-state index is 0.598. The Morgan fingerprint density at radius 1 is 1.42 bits per heavy atom. The standard InChI is InChI=1S/C15H27N3O/c1-3-15(2,19)12-16-11-13-9-10-18(17-13)14-7-5-4-6-8-14/h9-10,14,16,19H,3-8,11-12H2,1-2H3. The van der Waals surface area contributed by atoms with Crippen LogP contribution in [0.2, 0.25) is 0 Å². The van der Waals surface area contributed by atoms with E-state index in [0.29, 0.717) is 12.6 Å². The lowest BCUT2D eigenvalue weighted by Gasteiger charge is -2.22. The molecule has 0 amide bonds. The fourth-order valence-corrected chi connectivity index (χ4v) is 2.61. The first-order valence-corrected chi connectivity index (χ1v) is 7.58. The molecule has 4 nitrogen and oxygen atoms in total. The predicted octanol–water partition coefficient (Wildman–Crippen LogP) is 2.64. The summed E-state index contributed by atoms with van der Waals surface area (Å²) >= 11 is 0. The first-order valence-electron chi connectivity index (χ1n) is 7.58. The molecule has 108 valence electrons. The third-order valence-corrected chi connectivity index (χ3v) is 4.19. The summed E-state index contributed by atoms with van der Waals surface area (Å²) in [5.74, 6) is 0. The van der Waals surface area contributed by atoms with E-state index in [1.807, 2.05) is 13.8 Å². The van der Waals surface area contributed by atoms with Gasteiger partial charge in [-0.15, -0.1) is 0 Å². The van der Waals surface area contributed by atoms with Gasteiger partial charge in [-0.2, -0.15) is 5.10 Å². The molecule has 0 spiro atoms. The molecule has 0 saturated heterocycles. The minimum atomic E-state index is -0.619. The second-order valence-electron chi connectivity index (χ2n) is 6.03. The van der Waals surface area contributed by atoms with Crippen LogP contribution in [0.1, 0.15) is 64.1 Å². The van der Waals surface area contributed by atoms with E-state index in [1.165, 1.54) is 32.1 Å². The summed E-state index contributed by atoms with van der Waals surface area (Å²) in [5.41, 5.74) is 0.448. The molecule has 1 aliphatic carbocycles. The molecule has 1 heterocycles. The highest BCUT2D eigenvalue weighted by molar-refractivity contribution is 5.00. The highest BCUT2D eigenvalue weighted by Gasteiger charge is 2.18. The monoisotopic (exact) mass is 265 g/mol. The third kappa shape index (κ3) is 4.32. The first kappa shape index (κ1) is 14.5. The Kier molecular flexibility index (Phi) is 4.99. The number of aromatic nitrogens is 2. The van der Waals surface area contributed by atoms with Crippen molar-refractivity contribution in [3.63, 3.8) is 0 Å². The normalized spacial score (nSPS) is 20.4. The molecule has 1 saturated carbocycles. The maximum absolute atomic E-state index is 9.92. The fourth-order valence-electron chi connectivity index (χ4n) is 2.61. The Morgan fingerprint density at radius 3 is 2.84 bits per heavy atom. The summed E-state index contributed by atoms with van der Waals surface area (Å²) < 4.78 is 2.13. The lowest BCUT2D eigenvalue weighted by Crippen LogP contribution is -2.36. The number of nitrogens with zero attached hydrogens (tertiary/aromatic N) is 2. The van der Waals surface area contributed by atoms with Crippen LogP contribution in [0.3, 0.4) is 0 Å². The lowest BCUT2D eigenvalue weighted by molar-refractivity contribution is 0.0554. The molecule has 1 aliphatic rings. The second-order valence-corrected chi connectivity index (χ2v) is 6.03. The van der Waals surface area contributed by atoms with E-state index in [2.05, 4.69) is 27.4 Å². The molecule has 0 radical (unpaired) electrons. The number of hydrogen-bond donors (Lipinski definition) is 2. The maximum atomic E-state index is 9.92. The Balaban J connectivity index is 1.80. The molecule has 0 aliphatic heterocycles. The summed E-state index contributed by atoms with van der Waals surface area (Å²) in [5, 5.41) is 17.9. The largest absolute Gasteiger partial charge is 0.389 e. The lowest BCUT2D eigenvalue weighted by atomic mass is 9.96. The van der Waals surface area contributed by atoms with E-state index in [1.54, 1.807) is 0 Å². The average Bonchev–Trinajstić information content (AvgIpc) is 2.88. The summed E-state index contributed by atoms with van der Waals surface area (Å²) in [6.45, 7) is 5.20. The average molecular weight is 265 g/mol. The summed E-state index contributed by atoms with van der Waals surface area (Å²) in [6.07, 6.45) is 9.42. The van der Waals surface area contributed by atoms with Crippen molar-refractivity contribution in [2.24, 2.45) is 0 Å². The van der Waals surface area contributed by atoms with Gasteiger partial charge in [0.15, 0.2) is 0 Å². The van der Waals surface area contributed by atoms with Crippen molar-refractivity contribution in [1.82, 2.24) is 15.1 Å². The van der Waals surface area contributed by atoms with Gasteiger partial charge < -0.3 is 10.4 Å². The number of rotatable bonds is 6. The van der Waals surface area contributed by atoms with Crippen LogP contribution in [0.5, 0.6) is 0 Å². The summed E-state index contributed by atoms with van der Waals surface area (Å²) in [4.78, 5) is 0. The summed E-state index contributed by atoms with van der Waals surface area (Å²) in [7, 11) is 0. The highest BCUT2D eigenvalue weighted by atomic mass is 16.3. The van der Waals surface area contributed by atoms with E-state index >= 15 is 0 Å². The van der Waals surface area contributed by atoms with Gasteiger partial charge in [0.05, 0.1) is 17.3 Å². The number of aliphatic hydroxyl groups is 1. The zero-order chi connectivity index (χ0) is 13.7. The highest BCUT2D eigenvalue weighted by Crippen LogP contribution is 2.27. The third-order valence-electron chi connectivity index (χ3n) is 4.19. The number of hydrogen-bond acceptors (Lipinski definition) is 3. The van der Waals surface area contributed by atoms with E-state index in [4.69, 9.17) is 0 Å². The molecular weight excluding hydrogens is 238 g/mol. The minimum Gasteiger partial charge on any atom is -0.389 e. The van der Waals surface area contributed by atoms with Gasteiger partial charge in [0.25, 0.3) is 0 Å². The van der Waals surface area contributed by atoms with Crippen LogP contribution < -0.4 is 5.32 Å². The molecule has 19 heavy (non-hydrogen) atoms. The Labute approximate surface area is 116 Å². The van der Waals surface area contributed by atoms with Gasteiger partial charge in [0.1, 0.15) is 0 Å². The van der Waals surface area contributed by atoms with Crippen molar-refractivity contribution in [2.45, 2.75) is 70.6 Å². The van der Waals surface area contributed by atoms with Crippen molar-refractivity contribution in [3.05, 3.63) is 18.0 Å². The van der Waals surface area contributed by atoms with Crippen molar-refractivity contribution in [1.29, 1.82) is 0 Å². The van der Waals surface area contributed by atoms with Gasteiger partial charge >= 0.3 is 0 Å². The van der Waals surface area contributed by atoms with Crippen molar-refractivity contribution < 1.29 is 5.11 Å². The Bertz CT molecular complexity index is 380. The Hall–Kier alpha value is -0.870. The topological polar surface area (TPSA) is 50.1 Å². The molecule has 2 N–H and O–H groups in total. The first-order chi connectivity index (χ1) is 9.11. The quantitative estimate of drug-likeness (QED) is 0.831. The maximum Gasteiger partial charge on any atom is 0.0762 e. The van der Waals surface area contributed by atoms with Crippen molar-refractivity contribution in [3.8, 4) is 0 Å². The zero-order valence-corrected chi connectivity index (χ0v) is 12.2. The molecule has 1 aromatic heterocycles. The molecule has 1 atom stereocenters. The van der Waals surface area contributed by atoms with Crippen LogP contribution in [0.25, 0.3) is 0 Å². The molecule has 1 fully saturated rings. The predicted molar refractivity (Wildman–Crippen MR) is 77.0 cm³/mol. The van der Waals surface area contributed by atoms with Gasteiger partial charge in [0.2, 0.25) is 0 Å². The number of nitrogens with one attached hydrogen (secondary N) is 1. The van der Waals surface area contributed by atoms with Gasteiger partial charge in [0, 0.05) is 19.3 Å². The van der Waals surface area contributed by atoms with Crippen LogP contribution in [0.4, 0.5) is 0 Å². The molecule has 4 heteroatoms. The van der Waals surface area contributed by atoms with Gasteiger partial charge in [-0.1, -0.05) is 26.2 Å². The molecule has 0 bridgehead atoms. The molecular formula is C15H27N3O. The molecule has 2 rings (SSSR count). The van der Waals surface area contributed by atoms with E-state index in [9.17, 15) is 5.11 Å². The molecule has 1 aromatic rings.